The molecule has 1 amide bonds. The summed E-state index contributed by atoms with van der Waals surface area (Å²) < 4.78 is 5.79. The Morgan fingerprint density at radius 1 is 1.14 bits per heavy atom. The molecule has 2 fully saturated rings. The number of likely N-dealkylation sites (tertiary alicyclic amines) is 1. The van der Waals surface area contributed by atoms with Crippen LogP contribution in [0.25, 0.3) is 11.0 Å². The highest BCUT2D eigenvalue weighted by molar-refractivity contribution is 5.93. The van der Waals surface area contributed by atoms with Gasteiger partial charge in [-0.05, 0) is 36.5 Å². The summed E-state index contributed by atoms with van der Waals surface area (Å²) in [4.78, 5) is 27.4. The number of aryl methyl sites for hydroxylation is 1. The quantitative estimate of drug-likeness (QED) is 0.746. The third-order valence-electron chi connectivity index (χ3n) is 6.57. The fraction of sp³-hybridized carbons (Fsp3) is 0.333. The first-order chi connectivity index (χ1) is 14.1. The fourth-order valence-electron chi connectivity index (χ4n) is 4.94. The molecule has 29 heavy (non-hydrogen) atoms. The number of rotatable bonds is 4. The molecule has 0 saturated carbocycles. The molecule has 2 aromatic carbocycles. The van der Waals surface area contributed by atoms with E-state index in [9.17, 15) is 9.59 Å². The van der Waals surface area contributed by atoms with E-state index < -0.39 is 0 Å². The Hall–Kier alpha value is -2.92. The molecule has 5 heteroatoms. The van der Waals surface area contributed by atoms with Gasteiger partial charge >= 0.3 is 0 Å². The monoisotopic (exact) mass is 388 g/mol. The van der Waals surface area contributed by atoms with Crippen molar-refractivity contribution in [1.82, 2.24) is 10.2 Å². The van der Waals surface area contributed by atoms with Gasteiger partial charge in [0.25, 0.3) is 5.91 Å². The second-order valence-corrected chi connectivity index (χ2v) is 8.33. The van der Waals surface area contributed by atoms with E-state index in [-0.39, 0.29) is 22.5 Å². The van der Waals surface area contributed by atoms with E-state index in [1.807, 2.05) is 17.0 Å². The number of hydrogen-bond acceptors (Lipinski definition) is 4. The number of fused-ring (bicyclic) bond motifs is 2. The van der Waals surface area contributed by atoms with Crippen molar-refractivity contribution < 1.29 is 9.21 Å². The predicted molar refractivity (Wildman–Crippen MR) is 112 cm³/mol. The molecule has 3 heterocycles. The maximum absolute atomic E-state index is 13.2. The summed E-state index contributed by atoms with van der Waals surface area (Å²) in [5, 5.41) is 4.03. The second kappa shape index (κ2) is 7.16. The van der Waals surface area contributed by atoms with Crippen LogP contribution in [0.2, 0.25) is 0 Å². The first kappa shape index (κ1) is 18.1. The molecule has 1 N–H and O–H groups in total. The van der Waals surface area contributed by atoms with Gasteiger partial charge in [-0.3, -0.25) is 9.59 Å². The minimum atomic E-state index is -0.179. The van der Waals surface area contributed by atoms with Crippen LogP contribution in [-0.4, -0.2) is 37.0 Å². The maximum Gasteiger partial charge on any atom is 0.289 e. The number of hydrogen-bond donors (Lipinski definition) is 1. The zero-order chi connectivity index (χ0) is 19.8. The molecule has 2 aliphatic heterocycles. The van der Waals surface area contributed by atoms with Crippen LogP contribution in [0.4, 0.5) is 0 Å². The Morgan fingerprint density at radius 3 is 2.79 bits per heavy atom. The van der Waals surface area contributed by atoms with E-state index in [1.165, 1.54) is 11.6 Å². The van der Waals surface area contributed by atoms with E-state index in [1.54, 1.807) is 18.2 Å². The maximum atomic E-state index is 13.2. The van der Waals surface area contributed by atoms with Gasteiger partial charge in [0.1, 0.15) is 5.58 Å². The van der Waals surface area contributed by atoms with Gasteiger partial charge in [0.15, 0.2) is 11.2 Å². The molecular formula is C24H24N2O3. The summed E-state index contributed by atoms with van der Waals surface area (Å²) in [6, 6.07) is 18.9. The van der Waals surface area contributed by atoms with E-state index in [4.69, 9.17) is 4.42 Å². The van der Waals surface area contributed by atoms with Gasteiger partial charge in [0.05, 0.1) is 5.39 Å². The molecule has 2 atom stereocenters. The van der Waals surface area contributed by atoms with Crippen LogP contribution in [0, 0.1) is 11.3 Å². The number of carbonyl (C=O) groups excluding carboxylic acids is 1. The summed E-state index contributed by atoms with van der Waals surface area (Å²) in [5.41, 5.74) is 1.71. The van der Waals surface area contributed by atoms with Crippen LogP contribution in [0.1, 0.15) is 22.5 Å². The Bertz CT molecular complexity index is 1110. The average Bonchev–Trinajstić information content (AvgIpc) is 3.30. The largest absolute Gasteiger partial charge is 0.451 e. The van der Waals surface area contributed by atoms with Crippen molar-refractivity contribution in [2.24, 2.45) is 11.3 Å². The fourth-order valence-corrected chi connectivity index (χ4v) is 4.94. The number of carbonyl (C=O) groups is 1. The van der Waals surface area contributed by atoms with Crippen molar-refractivity contribution in [2.75, 3.05) is 26.2 Å². The first-order valence-electron chi connectivity index (χ1n) is 10.2. The third-order valence-corrected chi connectivity index (χ3v) is 6.57. The molecule has 3 aromatic rings. The van der Waals surface area contributed by atoms with E-state index in [0.717, 1.165) is 25.9 Å². The summed E-state index contributed by atoms with van der Waals surface area (Å²) in [6.07, 6.45) is 2.05. The molecular weight excluding hydrogens is 364 g/mol. The molecule has 148 valence electrons. The van der Waals surface area contributed by atoms with E-state index in [0.29, 0.717) is 30.0 Å². The summed E-state index contributed by atoms with van der Waals surface area (Å²) >= 11 is 0. The van der Waals surface area contributed by atoms with Crippen LogP contribution in [0.3, 0.4) is 0 Å². The van der Waals surface area contributed by atoms with Crippen molar-refractivity contribution >= 4 is 16.9 Å². The zero-order valence-corrected chi connectivity index (χ0v) is 16.3. The Balaban J connectivity index is 1.37. The Kier molecular flexibility index (Phi) is 4.47. The van der Waals surface area contributed by atoms with Gasteiger partial charge in [-0.1, -0.05) is 42.5 Å². The van der Waals surface area contributed by atoms with Gasteiger partial charge in [-0.2, -0.15) is 0 Å². The second-order valence-electron chi connectivity index (χ2n) is 8.33. The topological polar surface area (TPSA) is 62.6 Å². The van der Waals surface area contributed by atoms with Crippen LogP contribution in [-0.2, 0) is 6.42 Å². The summed E-state index contributed by atoms with van der Waals surface area (Å²) in [5.74, 6) is 0.392. The molecule has 0 radical (unpaired) electrons. The molecule has 5 rings (SSSR count). The smallest absolute Gasteiger partial charge is 0.289 e. The van der Waals surface area contributed by atoms with Gasteiger partial charge < -0.3 is 14.6 Å². The highest BCUT2D eigenvalue weighted by Crippen LogP contribution is 2.43. The SMILES string of the molecule is O=C(c1cc(=O)c2ccccc2o1)N1CC2CNCC2(CCc2ccccc2)C1. The Morgan fingerprint density at radius 2 is 1.93 bits per heavy atom. The van der Waals surface area contributed by atoms with E-state index in [2.05, 4.69) is 29.6 Å². The van der Waals surface area contributed by atoms with Crippen molar-refractivity contribution in [3.8, 4) is 0 Å². The minimum Gasteiger partial charge on any atom is -0.451 e. The standard InChI is InChI=1S/C24H24N2O3/c27-20-12-22(29-21-9-5-4-8-19(20)21)23(28)26-14-18-13-25-15-24(18,16-26)11-10-17-6-2-1-3-7-17/h1-9,12,18,25H,10-11,13-16H2. The summed E-state index contributed by atoms with van der Waals surface area (Å²) in [7, 11) is 0. The molecule has 2 saturated heterocycles. The van der Waals surface area contributed by atoms with Crippen molar-refractivity contribution in [3.05, 3.63) is 82.2 Å². The van der Waals surface area contributed by atoms with Gasteiger partial charge in [0.2, 0.25) is 0 Å². The van der Waals surface area contributed by atoms with Crippen molar-refractivity contribution in [3.63, 3.8) is 0 Å². The van der Waals surface area contributed by atoms with Gasteiger partial charge in [0, 0.05) is 37.7 Å². The lowest BCUT2D eigenvalue weighted by molar-refractivity contribution is 0.0738. The van der Waals surface area contributed by atoms with Crippen LogP contribution < -0.4 is 10.7 Å². The molecule has 0 bridgehead atoms. The molecule has 1 aromatic heterocycles. The molecule has 2 aliphatic rings. The minimum absolute atomic E-state index is 0.0860. The van der Waals surface area contributed by atoms with Crippen molar-refractivity contribution in [1.29, 1.82) is 0 Å². The highest BCUT2D eigenvalue weighted by atomic mass is 16.3. The lowest BCUT2D eigenvalue weighted by Gasteiger charge is -2.28. The lowest BCUT2D eigenvalue weighted by Crippen LogP contribution is -2.36. The Labute approximate surface area is 169 Å². The first-order valence-corrected chi connectivity index (χ1v) is 10.2. The zero-order valence-electron chi connectivity index (χ0n) is 16.3. The normalized spacial score (nSPS) is 23.4. The van der Waals surface area contributed by atoms with Crippen LogP contribution in [0.15, 0.2) is 69.9 Å². The molecule has 5 nitrogen and oxygen atoms in total. The predicted octanol–water partition coefficient (Wildman–Crippen LogP) is 3.09. The van der Waals surface area contributed by atoms with Crippen molar-refractivity contribution in [2.45, 2.75) is 12.8 Å². The summed E-state index contributed by atoms with van der Waals surface area (Å²) in [6.45, 7) is 3.26. The number of amides is 1. The van der Waals surface area contributed by atoms with E-state index >= 15 is 0 Å². The number of benzene rings is 2. The average molecular weight is 388 g/mol. The van der Waals surface area contributed by atoms with Gasteiger partial charge in [-0.15, -0.1) is 0 Å². The van der Waals surface area contributed by atoms with Gasteiger partial charge in [-0.25, -0.2) is 0 Å². The number of para-hydroxylation sites is 1. The number of nitrogens with zero attached hydrogens (tertiary/aromatic N) is 1. The van der Waals surface area contributed by atoms with Crippen LogP contribution in [0.5, 0.6) is 0 Å². The number of nitrogens with one attached hydrogen (secondary N) is 1. The highest BCUT2D eigenvalue weighted by Gasteiger charge is 2.50. The third kappa shape index (κ3) is 3.25. The molecule has 0 spiro atoms. The van der Waals surface area contributed by atoms with Crippen LogP contribution >= 0.6 is 0 Å². The lowest BCUT2D eigenvalue weighted by atomic mass is 9.76. The molecule has 2 unspecified atom stereocenters. The molecule has 0 aliphatic carbocycles.